The Kier molecular flexibility index (Phi) is 12.0. The number of halogens is 2. The van der Waals surface area contributed by atoms with Crippen molar-refractivity contribution >= 4 is 56.6 Å². The van der Waals surface area contributed by atoms with Crippen LogP contribution in [0.1, 0.15) is 78.7 Å². The number of ether oxygens (including phenoxy) is 1. The first kappa shape index (κ1) is 37.3. The Hall–Kier alpha value is -4.97. The molecule has 5 rings (SSSR count). The highest BCUT2D eigenvalue weighted by Gasteiger charge is 2.42. The fourth-order valence-corrected chi connectivity index (χ4v) is 7.23. The van der Waals surface area contributed by atoms with E-state index in [2.05, 4.69) is 5.32 Å². The summed E-state index contributed by atoms with van der Waals surface area (Å²) in [4.78, 5) is 68.8. The van der Waals surface area contributed by atoms with Crippen LogP contribution in [-0.4, -0.2) is 41.6 Å². The Bertz CT molecular complexity index is 1910. The third-order valence-corrected chi connectivity index (χ3v) is 10.2. The van der Waals surface area contributed by atoms with Crippen LogP contribution in [0.5, 0.6) is 0 Å². The van der Waals surface area contributed by atoms with E-state index in [1.165, 1.54) is 28.4 Å². The lowest BCUT2D eigenvalue weighted by molar-refractivity contribution is -0.149. The normalized spacial score (nSPS) is 15.2. The molecule has 0 unspecified atom stereocenters. The van der Waals surface area contributed by atoms with E-state index >= 15 is 0 Å². The second kappa shape index (κ2) is 16.4. The second-order valence-corrected chi connectivity index (χ2v) is 14.0. The summed E-state index contributed by atoms with van der Waals surface area (Å²) in [6.07, 6.45) is 1.57. The summed E-state index contributed by atoms with van der Waals surface area (Å²) >= 11 is 1.19. The molecule has 3 amide bonds. The largest absolute Gasteiger partial charge is 0.459 e. The van der Waals surface area contributed by atoms with Gasteiger partial charge in [0, 0.05) is 48.1 Å². The number of anilines is 1. The maximum absolute atomic E-state index is 14.5. The Balaban J connectivity index is 1.37. The molecule has 2 heterocycles. The van der Waals surface area contributed by atoms with Gasteiger partial charge in [0.05, 0.1) is 4.88 Å². The van der Waals surface area contributed by atoms with Gasteiger partial charge in [0.15, 0.2) is 5.78 Å². The zero-order valence-electron chi connectivity index (χ0n) is 28.5. The molecule has 0 saturated heterocycles. The highest BCUT2D eigenvalue weighted by Crippen LogP contribution is 2.37. The van der Waals surface area contributed by atoms with Crippen LogP contribution in [0.3, 0.4) is 0 Å². The zero-order chi connectivity index (χ0) is 36.7. The summed E-state index contributed by atoms with van der Waals surface area (Å²) in [7, 11) is 0. The molecule has 0 spiro atoms. The third kappa shape index (κ3) is 9.23. The molecule has 3 aromatic carbocycles. The minimum Gasteiger partial charge on any atom is -0.459 e. The quantitative estimate of drug-likeness (QED) is 0.0963. The number of nitrogens with one attached hydrogen (secondary N) is 1. The molecule has 9 nitrogen and oxygen atoms in total. The maximum atomic E-state index is 14.5. The van der Waals surface area contributed by atoms with Gasteiger partial charge in [-0.3, -0.25) is 24.1 Å². The number of nitrogens with zero attached hydrogens (tertiary/aromatic N) is 1. The van der Waals surface area contributed by atoms with Crippen molar-refractivity contribution in [3.8, 4) is 0 Å². The number of unbranched alkanes of at least 4 members (excludes halogenated alkanes) is 1. The minimum atomic E-state index is -3.03. The van der Waals surface area contributed by atoms with E-state index in [9.17, 15) is 32.8 Å². The number of thiophene rings is 1. The summed E-state index contributed by atoms with van der Waals surface area (Å²) < 4.78 is 34.1. The molecule has 0 saturated carbocycles. The number of carbonyl (C=O) groups excluding carboxylic acids is 5. The SMILES string of the molecule is CCCC[C@H](CC(=O)c1cc2cc(C(C)(F)F)ccc2s1)C(=O)N1c2ccccc2C[C@H]1C(=O)N[C@@H](CCC(N)=O)C(=O)OCc1ccccc1. The van der Waals surface area contributed by atoms with E-state index in [1.54, 1.807) is 54.6 Å². The first-order valence-corrected chi connectivity index (χ1v) is 17.8. The molecule has 0 fully saturated rings. The van der Waals surface area contributed by atoms with Gasteiger partial charge in [-0.1, -0.05) is 74.4 Å². The van der Waals surface area contributed by atoms with E-state index in [0.29, 0.717) is 33.5 Å². The van der Waals surface area contributed by atoms with Crippen molar-refractivity contribution in [2.75, 3.05) is 4.90 Å². The molecule has 1 aromatic heterocycles. The highest BCUT2D eigenvalue weighted by molar-refractivity contribution is 7.20. The molecule has 1 aliphatic rings. The molecule has 51 heavy (non-hydrogen) atoms. The van der Waals surface area contributed by atoms with Gasteiger partial charge in [0.2, 0.25) is 17.7 Å². The number of alkyl halides is 2. The number of ketones is 1. The van der Waals surface area contributed by atoms with Crippen LogP contribution in [0.4, 0.5) is 14.5 Å². The van der Waals surface area contributed by atoms with Gasteiger partial charge in [0.25, 0.3) is 5.92 Å². The number of Topliss-reactive ketones (excluding diaryl/α,β-unsaturated/α-hetero) is 1. The third-order valence-electron chi connectivity index (χ3n) is 9.01. The lowest BCUT2D eigenvalue weighted by atomic mass is 9.93. The Morgan fingerprint density at radius 3 is 2.43 bits per heavy atom. The fraction of sp³-hybridized carbons (Fsp3) is 0.359. The van der Waals surface area contributed by atoms with Gasteiger partial charge in [-0.15, -0.1) is 11.3 Å². The predicted molar refractivity (Wildman–Crippen MR) is 191 cm³/mol. The first-order chi connectivity index (χ1) is 24.3. The lowest BCUT2D eigenvalue weighted by Crippen LogP contribution is -2.54. The number of carbonyl (C=O) groups is 5. The maximum Gasteiger partial charge on any atom is 0.328 e. The number of fused-ring (bicyclic) bond motifs is 2. The molecular weight excluding hydrogens is 677 g/mol. The predicted octanol–water partition coefficient (Wildman–Crippen LogP) is 6.84. The summed E-state index contributed by atoms with van der Waals surface area (Å²) in [6, 6.07) is 19.8. The van der Waals surface area contributed by atoms with Crippen molar-refractivity contribution in [1.29, 1.82) is 0 Å². The lowest BCUT2D eigenvalue weighted by Gasteiger charge is -2.30. The van der Waals surface area contributed by atoms with Gasteiger partial charge in [-0.05, 0) is 53.6 Å². The summed E-state index contributed by atoms with van der Waals surface area (Å²) in [5, 5.41) is 3.24. The Morgan fingerprint density at radius 1 is 1.00 bits per heavy atom. The van der Waals surface area contributed by atoms with Crippen molar-refractivity contribution < 1.29 is 37.5 Å². The van der Waals surface area contributed by atoms with E-state index in [-0.39, 0.29) is 43.6 Å². The molecule has 0 bridgehead atoms. The minimum absolute atomic E-state index is 0.0404. The molecule has 1 aliphatic heterocycles. The molecule has 0 aliphatic carbocycles. The standard InChI is InChI=1S/C39H41F2N3O6S/c1-3-4-12-26(21-32(45)34-22-27-19-28(39(2,40)41)15-17-33(27)51-34)37(48)44-30-14-9-8-13-25(30)20-31(44)36(47)43-29(16-18-35(42)46)38(49)50-23-24-10-6-5-7-11-24/h5-11,13-15,17,19,22,26,29,31H,3-4,12,16,18,20-21,23H2,1-2H3,(H2,42,46)(H,43,47)/t26-,29+,31+/m1/s1. The first-order valence-electron chi connectivity index (χ1n) is 17.0. The number of primary amides is 1. The molecule has 3 N–H and O–H groups in total. The number of hydrogen-bond acceptors (Lipinski definition) is 7. The smallest absolute Gasteiger partial charge is 0.328 e. The van der Waals surface area contributed by atoms with E-state index in [0.717, 1.165) is 24.5 Å². The van der Waals surface area contributed by atoms with E-state index in [1.807, 2.05) is 19.1 Å². The van der Waals surface area contributed by atoms with Gasteiger partial charge in [0.1, 0.15) is 18.7 Å². The van der Waals surface area contributed by atoms with Crippen LogP contribution in [0.25, 0.3) is 10.1 Å². The number of para-hydroxylation sites is 1. The monoisotopic (exact) mass is 717 g/mol. The van der Waals surface area contributed by atoms with Gasteiger partial charge >= 0.3 is 5.97 Å². The summed E-state index contributed by atoms with van der Waals surface area (Å²) in [6.45, 7) is 2.75. The zero-order valence-corrected chi connectivity index (χ0v) is 29.3. The van der Waals surface area contributed by atoms with E-state index in [4.69, 9.17) is 10.5 Å². The average molecular weight is 718 g/mol. The Morgan fingerprint density at radius 2 is 1.73 bits per heavy atom. The van der Waals surface area contributed by atoms with Crippen LogP contribution >= 0.6 is 11.3 Å². The van der Waals surface area contributed by atoms with Crippen molar-refractivity contribution in [1.82, 2.24) is 5.32 Å². The molecule has 12 heteroatoms. The van der Waals surface area contributed by atoms with Crippen molar-refractivity contribution in [2.45, 2.75) is 83.4 Å². The topological polar surface area (TPSA) is 136 Å². The van der Waals surface area contributed by atoms with Gasteiger partial charge in [-0.2, -0.15) is 0 Å². The van der Waals surface area contributed by atoms with Crippen LogP contribution in [-0.2, 0) is 42.9 Å². The number of benzene rings is 3. The Labute approximate surface area is 299 Å². The van der Waals surface area contributed by atoms with Crippen LogP contribution < -0.4 is 16.0 Å². The molecule has 268 valence electrons. The number of rotatable bonds is 16. The van der Waals surface area contributed by atoms with E-state index < -0.39 is 47.6 Å². The van der Waals surface area contributed by atoms with Crippen molar-refractivity contribution in [2.24, 2.45) is 11.7 Å². The molecule has 3 atom stereocenters. The van der Waals surface area contributed by atoms with Crippen LogP contribution in [0.15, 0.2) is 78.9 Å². The van der Waals surface area contributed by atoms with Crippen LogP contribution in [0.2, 0.25) is 0 Å². The number of hydrogen-bond donors (Lipinski definition) is 2. The molecular formula is C39H41F2N3O6S. The number of esters is 1. The number of nitrogens with two attached hydrogens (primary N) is 1. The molecule has 4 aromatic rings. The second-order valence-electron chi connectivity index (χ2n) is 12.9. The van der Waals surface area contributed by atoms with Crippen LogP contribution in [0, 0.1) is 5.92 Å². The highest BCUT2D eigenvalue weighted by atomic mass is 32.1. The molecule has 0 radical (unpaired) electrons. The van der Waals surface area contributed by atoms with Crippen molar-refractivity contribution in [3.63, 3.8) is 0 Å². The van der Waals surface area contributed by atoms with Crippen molar-refractivity contribution in [3.05, 3.63) is 100 Å². The number of amides is 3. The summed E-state index contributed by atoms with van der Waals surface area (Å²) in [5.74, 6) is -6.52. The summed E-state index contributed by atoms with van der Waals surface area (Å²) in [5.41, 5.74) is 7.24. The fourth-order valence-electron chi connectivity index (χ4n) is 6.24. The average Bonchev–Trinajstić information content (AvgIpc) is 3.72. The van der Waals surface area contributed by atoms with Gasteiger partial charge in [-0.25, -0.2) is 13.6 Å². The van der Waals surface area contributed by atoms with Gasteiger partial charge < -0.3 is 15.8 Å².